The number of aromatic nitrogens is 4. The fourth-order valence-corrected chi connectivity index (χ4v) is 3.97. The molecule has 11 heteroatoms. The zero-order chi connectivity index (χ0) is 22.0. The van der Waals surface area contributed by atoms with Crippen LogP contribution in [0.5, 0.6) is 0 Å². The highest BCUT2D eigenvalue weighted by Gasteiger charge is 2.44. The molecule has 0 aliphatic carbocycles. The van der Waals surface area contributed by atoms with E-state index in [9.17, 15) is 18.7 Å². The van der Waals surface area contributed by atoms with Crippen molar-refractivity contribution in [2.24, 2.45) is 5.41 Å². The zero-order valence-corrected chi connectivity index (χ0v) is 16.5. The smallest absolute Gasteiger partial charge is 0.407 e. The Morgan fingerprint density at radius 3 is 2.74 bits per heavy atom. The largest absolute Gasteiger partial charge is 0.465 e. The third kappa shape index (κ3) is 4.25. The van der Waals surface area contributed by atoms with E-state index in [1.54, 1.807) is 28.9 Å². The van der Waals surface area contributed by atoms with E-state index in [0.717, 1.165) is 4.90 Å². The normalized spacial score (nSPS) is 21.5. The quantitative estimate of drug-likeness (QED) is 0.617. The predicted octanol–water partition coefficient (Wildman–Crippen LogP) is 3.42. The van der Waals surface area contributed by atoms with Gasteiger partial charge in [-0.15, -0.1) is 10.2 Å². The lowest BCUT2D eigenvalue weighted by Gasteiger charge is -2.44. The number of rotatable bonds is 6. The number of benzene rings is 1. The van der Waals surface area contributed by atoms with E-state index in [2.05, 4.69) is 20.5 Å². The van der Waals surface area contributed by atoms with E-state index in [0.29, 0.717) is 17.0 Å². The average molecular weight is 434 g/mol. The minimum absolute atomic E-state index is 0.0984. The number of likely N-dealkylation sites (tertiary alicyclic amines) is 1. The Labute approximate surface area is 175 Å². The number of hydrogen-bond acceptors (Lipinski definition) is 5. The molecule has 0 spiro atoms. The van der Waals surface area contributed by atoms with Crippen LogP contribution in [-0.4, -0.2) is 61.5 Å². The van der Waals surface area contributed by atoms with E-state index in [-0.39, 0.29) is 38.0 Å². The summed E-state index contributed by atoms with van der Waals surface area (Å²) in [5.74, 6) is 0.572. The number of carbonyl (C=O) groups is 1. The molecule has 0 bridgehead atoms. The molecule has 8 nitrogen and oxygen atoms in total. The Morgan fingerprint density at radius 2 is 2.06 bits per heavy atom. The molecular formula is C20H21F3N6O2. The molecule has 2 aromatic heterocycles. The van der Waals surface area contributed by atoms with Crippen molar-refractivity contribution in [3.05, 3.63) is 54.1 Å². The van der Waals surface area contributed by atoms with Gasteiger partial charge in [0.05, 0.1) is 18.9 Å². The molecule has 1 aliphatic rings. The second-order valence-electron chi connectivity index (χ2n) is 7.73. The first-order valence-corrected chi connectivity index (χ1v) is 9.74. The molecule has 3 heterocycles. The van der Waals surface area contributed by atoms with E-state index in [4.69, 9.17) is 0 Å². The van der Waals surface area contributed by atoms with Crippen LogP contribution in [0.15, 0.2) is 43.0 Å². The van der Waals surface area contributed by atoms with Gasteiger partial charge in [-0.05, 0) is 18.4 Å². The monoisotopic (exact) mass is 434 g/mol. The molecular weight excluding hydrogens is 413 g/mol. The maximum absolute atomic E-state index is 15.5. The fourth-order valence-electron chi connectivity index (χ4n) is 3.97. The fraction of sp³-hybridized carbons (Fsp3) is 0.400. The van der Waals surface area contributed by atoms with Crippen LogP contribution in [0.25, 0.3) is 5.65 Å². The van der Waals surface area contributed by atoms with Crippen LogP contribution in [0.3, 0.4) is 0 Å². The molecule has 3 aromatic rings. The average Bonchev–Trinajstić information content (AvgIpc) is 3.24. The molecule has 2 N–H and O–H groups in total. The maximum Gasteiger partial charge on any atom is 0.407 e. The van der Waals surface area contributed by atoms with Crippen LogP contribution in [0.2, 0.25) is 0 Å². The Morgan fingerprint density at radius 1 is 1.29 bits per heavy atom. The van der Waals surface area contributed by atoms with Gasteiger partial charge in [0.25, 0.3) is 6.43 Å². The summed E-state index contributed by atoms with van der Waals surface area (Å²) in [6.45, 7) is 0.125. The van der Waals surface area contributed by atoms with Crippen molar-refractivity contribution in [3.8, 4) is 0 Å². The van der Waals surface area contributed by atoms with Gasteiger partial charge in [0.2, 0.25) is 0 Å². The van der Waals surface area contributed by atoms with Gasteiger partial charge in [-0.2, -0.15) is 0 Å². The summed E-state index contributed by atoms with van der Waals surface area (Å²) in [6, 6.07) is 5.81. The number of nitrogens with zero attached hydrogens (tertiary/aromatic N) is 5. The number of anilines is 1. The molecule has 1 aliphatic heterocycles. The number of carboxylic acid groups (broad SMARTS) is 1. The van der Waals surface area contributed by atoms with Gasteiger partial charge < -0.3 is 15.3 Å². The molecule has 2 atom stereocenters. The third-order valence-corrected chi connectivity index (χ3v) is 5.83. The van der Waals surface area contributed by atoms with E-state index < -0.39 is 24.1 Å². The van der Waals surface area contributed by atoms with Crippen molar-refractivity contribution in [2.75, 3.05) is 25.0 Å². The van der Waals surface area contributed by atoms with Gasteiger partial charge in [-0.25, -0.2) is 18.0 Å². The van der Waals surface area contributed by atoms with Gasteiger partial charge >= 0.3 is 6.09 Å². The Kier molecular flexibility index (Phi) is 5.66. The molecule has 1 unspecified atom stereocenters. The van der Waals surface area contributed by atoms with Gasteiger partial charge in [0.1, 0.15) is 18.3 Å². The van der Waals surface area contributed by atoms with Crippen LogP contribution in [0.1, 0.15) is 24.0 Å². The van der Waals surface area contributed by atoms with Crippen molar-refractivity contribution < 1.29 is 23.1 Å². The summed E-state index contributed by atoms with van der Waals surface area (Å²) in [5, 5.41) is 20.2. The van der Waals surface area contributed by atoms with Crippen LogP contribution in [0, 0.1) is 5.41 Å². The van der Waals surface area contributed by atoms with Crippen molar-refractivity contribution in [1.82, 2.24) is 24.5 Å². The van der Waals surface area contributed by atoms with Gasteiger partial charge in [0, 0.05) is 24.1 Å². The van der Waals surface area contributed by atoms with Crippen molar-refractivity contribution in [3.63, 3.8) is 0 Å². The van der Waals surface area contributed by atoms with Gasteiger partial charge in [-0.1, -0.05) is 24.3 Å². The molecule has 1 aromatic carbocycles. The number of halogens is 3. The highest BCUT2D eigenvalue weighted by atomic mass is 19.3. The summed E-state index contributed by atoms with van der Waals surface area (Å²) in [4.78, 5) is 16.5. The molecule has 0 radical (unpaired) electrons. The van der Waals surface area contributed by atoms with Crippen molar-refractivity contribution >= 4 is 17.6 Å². The summed E-state index contributed by atoms with van der Waals surface area (Å²) in [5.41, 5.74) is 0.199. The molecule has 31 heavy (non-hydrogen) atoms. The first kappa shape index (κ1) is 20.9. The van der Waals surface area contributed by atoms with Gasteiger partial charge in [0.15, 0.2) is 5.65 Å². The molecule has 164 valence electrons. The number of hydrogen-bond donors (Lipinski definition) is 2. The van der Waals surface area contributed by atoms with E-state index >= 15 is 4.39 Å². The van der Waals surface area contributed by atoms with Crippen molar-refractivity contribution in [1.29, 1.82) is 0 Å². The zero-order valence-electron chi connectivity index (χ0n) is 16.5. The Hall–Kier alpha value is -3.37. The lowest BCUT2D eigenvalue weighted by molar-refractivity contribution is 0.0191. The molecule has 1 fully saturated rings. The van der Waals surface area contributed by atoms with Crippen LogP contribution < -0.4 is 5.32 Å². The summed E-state index contributed by atoms with van der Waals surface area (Å²) < 4.78 is 42.9. The molecule has 0 saturated carbocycles. The highest BCUT2D eigenvalue weighted by Crippen LogP contribution is 2.38. The van der Waals surface area contributed by atoms with Crippen LogP contribution >= 0.6 is 0 Å². The lowest BCUT2D eigenvalue weighted by Crippen LogP contribution is -2.54. The summed E-state index contributed by atoms with van der Waals surface area (Å²) in [7, 11) is 0. The van der Waals surface area contributed by atoms with E-state index in [1.807, 2.05) is 0 Å². The SMILES string of the molecule is O=C(O)N1CCC(CNc2cncc3nncn23)(Cc2ccc(C(F)F)cc2)[C@H](F)C1. The van der Waals surface area contributed by atoms with Gasteiger partial charge in [-0.3, -0.25) is 9.38 Å². The molecule has 1 amide bonds. The number of piperidine rings is 1. The van der Waals surface area contributed by atoms with Crippen molar-refractivity contribution in [2.45, 2.75) is 25.4 Å². The predicted molar refractivity (Wildman–Crippen MR) is 106 cm³/mol. The molecule has 4 rings (SSSR count). The lowest BCUT2D eigenvalue weighted by atomic mass is 9.72. The number of alkyl halides is 3. The number of nitrogens with one attached hydrogen (secondary N) is 1. The second-order valence-corrected chi connectivity index (χ2v) is 7.73. The third-order valence-electron chi connectivity index (χ3n) is 5.83. The Balaban J connectivity index is 1.59. The highest BCUT2D eigenvalue weighted by molar-refractivity contribution is 5.65. The second kappa shape index (κ2) is 8.40. The first-order valence-electron chi connectivity index (χ1n) is 9.74. The molecule has 1 saturated heterocycles. The number of fused-ring (bicyclic) bond motifs is 1. The first-order chi connectivity index (χ1) is 14.9. The van der Waals surface area contributed by atoms with E-state index in [1.165, 1.54) is 18.5 Å². The standard InChI is InChI=1S/C20H21F3N6O2/c21-15-10-28(19(30)31)6-5-20(15,7-13-1-3-14(4-2-13)18(22)23)11-25-16-8-24-9-17-27-26-12-29(16)17/h1-4,8-9,12,15,18,25H,5-7,10-11H2,(H,30,31)/t15-,20?/m1/s1. The maximum atomic E-state index is 15.5. The topological polar surface area (TPSA) is 95.7 Å². The van der Waals surface area contributed by atoms with Crippen LogP contribution in [0.4, 0.5) is 23.8 Å². The summed E-state index contributed by atoms with van der Waals surface area (Å²) in [6.07, 6.45) is -0.0250. The number of amides is 1. The minimum atomic E-state index is -2.57. The Bertz CT molecular complexity index is 1060. The summed E-state index contributed by atoms with van der Waals surface area (Å²) >= 11 is 0. The minimum Gasteiger partial charge on any atom is -0.465 e. The van der Waals surface area contributed by atoms with Crippen LogP contribution in [-0.2, 0) is 6.42 Å².